The van der Waals surface area contributed by atoms with Crippen LogP contribution in [-0.2, 0) is 18.3 Å². The van der Waals surface area contributed by atoms with Crippen LogP contribution in [0.1, 0.15) is 37.8 Å². The molecule has 0 radical (unpaired) electrons. The van der Waals surface area contributed by atoms with Crippen LogP contribution < -0.4 is 0 Å². The van der Waals surface area contributed by atoms with Crippen molar-refractivity contribution in [3.63, 3.8) is 0 Å². The number of amides is 1. The molecule has 1 aliphatic heterocycles. The number of aliphatic hydroxyl groups is 1. The second kappa shape index (κ2) is 7.01. The molecule has 128 valence electrons. The van der Waals surface area contributed by atoms with E-state index in [0.717, 1.165) is 31.6 Å². The van der Waals surface area contributed by atoms with E-state index in [0.29, 0.717) is 12.8 Å². The van der Waals surface area contributed by atoms with Crippen LogP contribution in [-0.4, -0.2) is 68.9 Å². The van der Waals surface area contributed by atoms with Gasteiger partial charge in [-0.1, -0.05) is 0 Å². The molecule has 2 heterocycles. The van der Waals surface area contributed by atoms with Gasteiger partial charge in [-0.05, 0) is 51.3 Å². The first-order valence-corrected chi connectivity index (χ1v) is 8.72. The molecule has 2 fully saturated rings. The van der Waals surface area contributed by atoms with Crippen molar-refractivity contribution >= 4 is 5.91 Å². The monoisotopic (exact) mass is 320 g/mol. The van der Waals surface area contributed by atoms with E-state index >= 15 is 0 Å². The lowest BCUT2D eigenvalue weighted by atomic mass is 10.1. The van der Waals surface area contributed by atoms with E-state index in [2.05, 4.69) is 10.00 Å². The largest absolute Gasteiger partial charge is 0.389 e. The fourth-order valence-electron chi connectivity index (χ4n) is 4.08. The maximum absolute atomic E-state index is 12.5. The average Bonchev–Trinajstić information content (AvgIpc) is 3.25. The highest BCUT2D eigenvalue weighted by molar-refractivity contribution is 5.76. The third kappa shape index (κ3) is 3.43. The predicted octanol–water partition coefficient (Wildman–Crippen LogP) is 0.799. The van der Waals surface area contributed by atoms with E-state index in [1.807, 2.05) is 20.2 Å². The molecule has 1 aliphatic carbocycles. The van der Waals surface area contributed by atoms with E-state index in [1.54, 1.807) is 15.8 Å². The molecule has 1 aromatic heterocycles. The van der Waals surface area contributed by atoms with Crippen molar-refractivity contribution in [1.82, 2.24) is 19.6 Å². The second-order valence-electron chi connectivity index (χ2n) is 6.90. The van der Waals surface area contributed by atoms with Crippen molar-refractivity contribution in [2.75, 3.05) is 20.1 Å². The van der Waals surface area contributed by atoms with Gasteiger partial charge in [0, 0.05) is 38.4 Å². The minimum atomic E-state index is -0.418. The Kier molecular flexibility index (Phi) is 5.02. The van der Waals surface area contributed by atoms with E-state index in [-0.39, 0.29) is 18.0 Å². The highest BCUT2D eigenvalue weighted by Crippen LogP contribution is 2.30. The molecule has 1 N–H and O–H groups in total. The number of nitrogens with zero attached hydrogens (tertiary/aromatic N) is 4. The smallest absolute Gasteiger partial charge is 0.223 e. The van der Waals surface area contributed by atoms with E-state index in [9.17, 15) is 9.90 Å². The number of aromatic nitrogens is 2. The van der Waals surface area contributed by atoms with E-state index < -0.39 is 6.10 Å². The van der Waals surface area contributed by atoms with Gasteiger partial charge in [-0.25, -0.2) is 0 Å². The summed E-state index contributed by atoms with van der Waals surface area (Å²) in [5.74, 6) is 0.109. The van der Waals surface area contributed by atoms with Crippen LogP contribution >= 0.6 is 0 Å². The summed E-state index contributed by atoms with van der Waals surface area (Å²) >= 11 is 0. The fraction of sp³-hybridized carbons (Fsp3) is 0.765. The van der Waals surface area contributed by atoms with Gasteiger partial charge in [0.2, 0.25) is 5.91 Å². The van der Waals surface area contributed by atoms with Crippen molar-refractivity contribution in [3.05, 3.63) is 18.0 Å². The van der Waals surface area contributed by atoms with Crippen LogP contribution in [0, 0.1) is 0 Å². The molecular weight excluding hydrogens is 292 g/mol. The zero-order valence-electron chi connectivity index (χ0n) is 14.2. The third-order valence-corrected chi connectivity index (χ3v) is 5.56. The summed E-state index contributed by atoms with van der Waals surface area (Å²) in [4.78, 5) is 16.7. The first kappa shape index (κ1) is 16.5. The van der Waals surface area contributed by atoms with Crippen LogP contribution in [0.25, 0.3) is 0 Å². The Morgan fingerprint density at radius 1 is 1.39 bits per heavy atom. The first-order valence-electron chi connectivity index (χ1n) is 8.72. The SMILES string of the molecule is CN(C(=O)CCc1ccnn1C)[C@@H]1CC[C@@H](N2CCCC2)[C@@H]1O. The highest BCUT2D eigenvalue weighted by atomic mass is 16.3. The zero-order chi connectivity index (χ0) is 16.4. The summed E-state index contributed by atoms with van der Waals surface area (Å²) in [6.07, 6.45) is 6.84. The molecule has 0 spiro atoms. The lowest BCUT2D eigenvalue weighted by Crippen LogP contribution is -2.48. The highest BCUT2D eigenvalue weighted by Gasteiger charge is 2.41. The van der Waals surface area contributed by atoms with Crippen molar-refractivity contribution in [2.24, 2.45) is 7.05 Å². The summed E-state index contributed by atoms with van der Waals surface area (Å²) in [5.41, 5.74) is 1.06. The maximum Gasteiger partial charge on any atom is 0.223 e. The minimum absolute atomic E-state index is 0.0420. The summed E-state index contributed by atoms with van der Waals surface area (Å²) in [7, 11) is 3.73. The summed E-state index contributed by atoms with van der Waals surface area (Å²) in [5, 5.41) is 14.8. The number of likely N-dealkylation sites (tertiary alicyclic amines) is 1. The summed E-state index contributed by atoms with van der Waals surface area (Å²) in [6.45, 7) is 2.18. The van der Waals surface area contributed by atoms with Crippen LogP contribution in [0.3, 0.4) is 0 Å². The number of rotatable bonds is 5. The van der Waals surface area contributed by atoms with E-state index in [4.69, 9.17) is 0 Å². The third-order valence-electron chi connectivity index (χ3n) is 5.56. The van der Waals surface area contributed by atoms with Crippen LogP contribution in [0.4, 0.5) is 0 Å². The molecule has 1 amide bonds. The average molecular weight is 320 g/mol. The Balaban J connectivity index is 1.53. The Hall–Kier alpha value is -1.40. The standard InChI is InChI=1S/C17H28N4O2/c1-19(16(22)8-5-13-9-10-18-20(13)2)14-6-7-15(17(14)23)21-11-3-4-12-21/h9-10,14-15,17,23H,3-8,11-12H2,1-2H3/t14-,15-,17-/m1/s1. The normalized spacial score (nSPS) is 28.4. The molecule has 3 atom stereocenters. The molecule has 1 aromatic rings. The molecular formula is C17H28N4O2. The molecule has 6 nitrogen and oxygen atoms in total. The van der Waals surface area contributed by atoms with Gasteiger partial charge in [0.15, 0.2) is 0 Å². The van der Waals surface area contributed by atoms with Crippen LogP contribution in [0.15, 0.2) is 12.3 Å². The summed E-state index contributed by atoms with van der Waals surface area (Å²) in [6, 6.07) is 2.13. The van der Waals surface area contributed by atoms with Gasteiger partial charge in [0.25, 0.3) is 0 Å². The maximum atomic E-state index is 12.5. The van der Waals surface area contributed by atoms with Gasteiger partial charge in [-0.2, -0.15) is 5.10 Å². The molecule has 1 saturated carbocycles. The molecule has 23 heavy (non-hydrogen) atoms. The quantitative estimate of drug-likeness (QED) is 0.872. The second-order valence-corrected chi connectivity index (χ2v) is 6.90. The fourth-order valence-corrected chi connectivity index (χ4v) is 4.08. The van der Waals surface area contributed by atoms with Gasteiger partial charge in [0.1, 0.15) is 0 Å². The lowest BCUT2D eigenvalue weighted by molar-refractivity contribution is -0.134. The lowest BCUT2D eigenvalue weighted by Gasteiger charge is -2.32. The van der Waals surface area contributed by atoms with Gasteiger partial charge in [-0.3, -0.25) is 14.4 Å². The summed E-state index contributed by atoms with van der Waals surface area (Å²) < 4.78 is 1.81. The Morgan fingerprint density at radius 3 is 2.78 bits per heavy atom. The Morgan fingerprint density at radius 2 is 2.13 bits per heavy atom. The molecule has 0 aromatic carbocycles. The van der Waals surface area contributed by atoms with Gasteiger partial charge in [0.05, 0.1) is 12.1 Å². The minimum Gasteiger partial charge on any atom is -0.389 e. The van der Waals surface area contributed by atoms with Crippen molar-refractivity contribution in [1.29, 1.82) is 0 Å². The predicted molar refractivity (Wildman–Crippen MR) is 87.9 cm³/mol. The molecule has 3 rings (SSSR count). The molecule has 0 unspecified atom stereocenters. The topological polar surface area (TPSA) is 61.6 Å². The molecule has 6 heteroatoms. The number of carbonyl (C=O) groups is 1. The van der Waals surface area contributed by atoms with Crippen LogP contribution in [0.5, 0.6) is 0 Å². The zero-order valence-corrected chi connectivity index (χ0v) is 14.2. The first-order chi connectivity index (χ1) is 11.1. The van der Waals surface area contributed by atoms with Crippen LogP contribution in [0.2, 0.25) is 0 Å². The number of aliphatic hydroxyl groups excluding tert-OH is 1. The molecule has 1 saturated heterocycles. The number of hydrogen-bond acceptors (Lipinski definition) is 4. The Bertz CT molecular complexity index is 538. The molecule has 2 aliphatic rings. The molecule has 0 bridgehead atoms. The number of aryl methyl sites for hydroxylation is 2. The Labute approximate surface area is 138 Å². The number of hydrogen-bond donors (Lipinski definition) is 1. The van der Waals surface area contributed by atoms with Crippen molar-refractivity contribution in [3.8, 4) is 0 Å². The van der Waals surface area contributed by atoms with Gasteiger partial charge in [-0.15, -0.1) is 0 Å². The van der Waals surface area contributed by atoms with E-state index in [1.165, 1.54) is 12.8 Å². The van der Waals surface area contributed by atoms with Gasteiger partial charge >= 0.3 is 0 Å². The van der Waals surface area contributed by atoms with Gasteiger partial charge < -0.3 is 10.0 Å². The number of carbonyl (C=O) groups excluding carboxylic acids is 1. The van der Waals surface area contributed by atoms with Crippen molar-refractivity contribution in [2.45, 2.75) is 56.7 Å². The van der Waals surface area contributed by atoms with Crippen molar-refractivity contribution < 1.29 is 9.90 Å². The number of likely N-dealkylation sites (N-methyl/N-ethyl adjacent to an activating group) is 1.